The predicted molar refractivity (Wildman–Crippen MR) is 86.9 cm³/mol. The molecular formula is C16H24BrNO2. The van der Waals surface area contributed by atoms with E-state index < -0.39 is 5.54 Å². The van der Waals surface area contributed by atoms with Crippen LogP contribution in [0.5, 0.6) is 0 Å². The van der Waals surface area contributed by atoms with Crippen LogP contribution in [0.15, 0.2) is 28.7 Å². The van der Waals surface area contributed by atoms with Gasteiger partial charge < -0.3 is 10.1 Å². The quantitative estimate of drug-likeness (QED) is 0.692. The lowest BCUT2D eigenvalue weighted by molar-refractivity contribution is -0.149. The summed E-state index contributed by atoms with van der Waals surface area (Å²) in [5, 5.41) is 3.41. The van der Waals surface area contributed by atoms with Crippen LogP contribution in [0.4, 0.5) is 5.69 Å². The molecule has 0 radical (unpaired) electrons. The van der Waals surface area contributed by atoms with Gasteiger partial charge in [-0.15, -0.1) is 0 Å². The third-order valence-electron chi connectivity index (χ3n) is 3.25. The van der Waals surface area contributed by atoms with Gasteiger partial charge in [-0.1, -0.05) is 42.6 Å². The molecule has 0 spiro atoms. The Bertz CT molecular complexity index is 411. The Morgan fingerprint density at radius 3 is 2.15 bits per heavy atom. The standard InChI is InChI=1S/C16H24BrNO2/c1-4-11-16(12-5-2,15(19)20-6-3)18-14-9-7-13(17)8-10-14/h7-10,18H,4-6,11-12H2,1-3H3. The van der Waals surface area contributed by atoms with Gasteiger partial charge in [-0.05, 0) is 44.0 Å². The SMILES string of the molecule is CCCC(CCC)(Nc1ccc(Br)cc1)C(=O)OCC. The number of carbonyl (C=O) groups is 1. The van der Waals surface area contributed by atoms with Crippen LogP contribution in [-0.4, -0.2) is 18.1 Å². The van der Waals surface area contributed by atoms with Crippen LogP contribution in [0, 0.1) is 0 Å². The van der Waals surface area contributed by atoms with Crippen LogP contribution in [0.3, 0.4) is 0 Å². The number of nitrogens with one attached hydrogen (secondary N) is 1. The van der Waals surface area contributed by atoms with Gasteiger partial charge in [0.1, 0.15) is 5.54 Å². The Balaban J connectivity index is 3.00. The molecule has 0 fully saturated rings. The predicted octanol–water partition coefficient (Wildman–Crippen LogP) is 4.76. The molecule has 0 bridgehead atoms. The van der Waals surface area contributed by atoms with E-state index in [2.05, 4.69) is 35.1 Å². The van der Waals surface area contributed by atoms with Crippen molar-refractivity contribution in [3.05, 3.63) is 28.7 Å². The topological polar surface area (TPSA) is 38.3 Å². The van der Waals surface area contributed by atoms with Crippen LogP contribution in [0.2, 0.25) is 0 Å². The Hall–Kier alpha value is -1.03. The number of anilines is 1. The molecule has 4 heteroatoms. The van der Waals surface area contributed by atoms with Crippen LogP contribution < -0.4 is 5.32 Å². The summed E-state index contributed by atoms with van der Waals surface area (Å²) in [6.07, 6.45) is 3.41. The molecule has 3 nitrogen and oxygen atoms in total. The smallest absolute Gasteiger partial charge is 0.331 e. The zero-order valence-electron chi connectivity index (χ0n) is 12.5. The molecule has 1 rings (SSSR count). The van der Waals surface area contributed by atoms with Crippen molar-refractivity contribution in [3.8, 4) is 0 Å². The number of hydrogen-bond acceptors (Lipinski definition) is 3. The molecule has 0 aliphatic rings. The average molecular weight is 342 g/mol. The van der Waals surface area contributed by atoms with E-state index in [0.29, 0.717) is 6.61 Å². The lowest BCUT2D eigenvalue weighted by Crippen LogP contribution is -2.47. The maximum atomic E-state index is 12.4. The van der Waals surface area contributed by atoms with E-state index in [9.17, 15) is 4.79 Å². The first kappa shape index (κ1) is 17.0. The Kier molecular flexibility index (Phi) is 7.06. The van der Waals surface area contributed by atoms with Crippen LogP contribution in [0.1, 0.15) is 46.5 Å². The third kappa shape index (κ3) is 4.51. The minimum atomic E-state index is -0.618. The molecule has 0 saturated heterocycles. The van der Waals surface area contributed by atoms with Gasteiger partial charge >= 0.3 is 5.97 Å². The van der Waals surface area contributed by atoms with E-state index in [1.807, 2.05) is 31.2 Å². The summed E-state index contributed by atoms with van der Waals surface area (Å²) in [6.45, 7) is 6.44. The number of benzene rings is 1. The molecule has 1 aromatic carbocycles. The van der Waals surface area contributed by atoms with Gasteiger partial charge in [0.15, 0.2) is 0 Å². The highest BCUT2D eigenvalue weighted by Crippen LogP contribution is 2.28. The Morgan fingerprint density at radius 2 is 1.70 bits per heavy atom. The third-order valence-corrected chi connectivity index (χ3v) is 3.78. The van der Waals surface area contributed by atoms with Gasteiger partial charge in [-0.2, -0.15) is 0 Å². The van der Waals surface area contributed by atoms with Crippen molar-refractivity contribution in [1.29, 1.82) is 0 Å². The highest BCUT2D eigenvalue weighted by Gasteiger charge is 2.38. The van der Waals surface area contributed by atoms with Crippen molar-refractivity contribution in [2.45, 2.75) is 52.0 Å². The monoisotopic (exact) mass is 341 g/mol. The van der Waals surface area contributed by atoms with Gasteiger partial charge in [-0.25, -0.2) is 4.79 Å². The lowest BCUT2D eigenvalue weighted by Gasteiger charge is -2.33. The maximum absolute atomic E-state index is 12.4. The summed E-state index contributed by atoms with van der Waals surface area (Å²) in [5.41, 5.74) is 0.330. The first-order valence-electron chi connectivity index (χ1n) is 7.29. The van der Waals surface area contributed by atoms with Crippen molar-refractivity contribution in [2.24, 2.45) is 0 Å². The van der Waals surface area contributed by atoms with Crippen LogP contribution in [0.25, 0.3) is 0 Å². The molecule has 0 aliphatic heterocycles. The molecule has 1 N–H and O–H groups in total. The fourth-order valence-corrected chi connectivity index (χ4v) is 2.70. The number of esters is 1. The molecule has 0 saturated carbocycles. The van der Waals surface area contributed by atoms with E-state index in [1.54, 1.807) is 0 Å². The minimum absolute atomic E-state index is 0.147. The highest BCUT2D eigenvalue weighted by molar-refractivity contribution is 9.10. The molecule has 112 valence electrons. The highest BCUT2D eigenvalue weighted by atomic mass is 79.9. The van der Waals surface area contributed by atoms with Crippen LogP contribution in [-0.2, 0) is 9.53 Å². The molecule has 0 atom stereocenters. The number of rotatable bonds is 8. The summed E-state index contributed by atoms with van der Waals surface area (Å²) in [6, 6.07) is 7.89. The molecule has 1 aromatic rings. The van der Waals surface area contributed by atoms with E-state index in [4.69, 9.17) is 4.74 Å². The van der Waals surface area contributed by atoms with Crippen molar-refractivity contribution in [3.63, 3.8) is 0 Å². The molecule has 0 heterocycles. The molecular weight excluding hydrogens is 318 g/mol. The largest absolute Gasteiger partial charge is 0.464 e. The number of halogens is 1. The summed E-state index contributed by atoms with van der Waals surface area (Å²) < 4.78 is 6.32. The zero-order valence-corrected chi connectivity index (χ0v) is 14.1. The molecule has 0 aromatic heterocycles. The van der Waals surface area contributed by atoms with Crippen LogP contribution >= 0.6 is 15.9 Å². The second-order valence-electron chi connectivity index (χ2n) is 4.93. The Morgan fingerprint density at radius 1 is 1.15 bits per heavy atom. The van der Waals surface area contributed by atoms with Gasteiger partial charge in [-0.3, -0.25) is 0 Å². The Labute approximate surface area is 130 Å². The number of ether oxygens (including phenoxy) is 1. The number of hydrogen-bond donors (Lipinski definition) is 1. The molecule has 20 heavy (non-hydrogen) atoms. The van der Waals surface area contributed by atoms with E-state index in [-0.39, 0.29) is 5.97 Å². The molecule has 0 unspecified atom stereocenters. The van der Waals surface area contributed by atoms with Gasteiger partial charge in [0, 0.05) is 10.2 Å². The summed E-state index contributed by atoms with van der Waals surface area (Å²) in [7, 11) is 0. The second kappa shape index (κ2) is 8.30. The second-order valence-corrected chi connectivity index (χ2v) is 5.85. The first-order chi connectivity index (χ1) is 9.57. The summed E-state index contributed by atoms with van der Waals surface area (Å²) in [4.78, 5) is 12.4. The van der Waals surface area contributed by atoms with E-state index >= 15 is 0 Å². The summed E-state index contributed by atoms with van der Waals surface area (Å²) >= 11 is 3.42. The van der Waals surface area contributed by atoms with Crippen molar-refractivity contribution >= 4 is 27.6 Å². The zero-order chi connectivity index (χ0) is 15.0. The van der Waals surface area contributed by atoms with Gasteiger partial charge in [0.25, 0.3) is 0 Å². The lowest BCUT2D eigenvalue weighted by atomic mass is 9.88. The normalized spacial score (nSPS) is 11.2. The van der Waals surface area contributed by atoms with E-state index in [0.717, 1.165) is 35.8 Å². The average Bonchev–Trinajstić information content (AvgIpc) is 2.42. The van der Waals surface area contributed by atoms with Crippen molar-refractivity contribution in [1.82, 2.24) is 0 Å². The van der Waals surface area contributed by atoms with Crippen molar-refractivity contribution < 1.29 is 9.53 Å². The van der Waals surface area contributed by atoms with Crippen molar-refractivity contribution in [2.75, 3.05) is 11.9 Å². The number of carbonyl (C=O) groups excluding carboxylic acids is 1. The fraction of sp³-hybridized carbons (Fsp3) is 0.562. The minimum Gasteiger partial charge on any atom is -0.464 e. The molecule has 0 aliphatic carbocycles. The first-order valence-corrected chi connectivity index (χ1v) is 8.08. The molecule has 0 amide bonds. The van der Waals surface area contributed by atoms with Gasteiger partial charge in [0.05, 0.1) is 6.61 Å². The van der Waals surface area contributed by atoms with Gasteiger partial charge in [0.2, 0.25) is 0 Å². The summed E-state index contributed by atoms with van der Waals surface area (Å²) in [5.74, 6) is -0.147. The van der Waals surface area contributed by atoms with E-state index in [1.165, 1.54) is 0 Å². The maximum Gasteiger partial charge on any atom is 0.331 e. The fourth-order valence-electron chi connectivity index (χ4n) is 2.44.